The minimum Gasteiger partial charge on any atom is -0.481 e. The predicted octanol–water partition coefficient (Wildman–Crippen LogP) is 2.14. The van der Waals surface area contributed by atoms with Crippen molar-refractivity contribution in [3.63, 3.8) is 0 Å². The van der Waals surface area contributed by atoms with Gasteiger partial charge in [-0.25, -0.2) is 4.79 Å². The summed E-state index contributed by atoms with van der Waals surface area (Å²) in [6, 6.07) is 1.78. The van der Waals surface area contributed by atoms with E-state index >= 15 is 0 Å². The maximum Gasteiger partial charge on any atom is 0.317 e. The van der Waals surface area contributed by atoms with Gasteiger partial charge in [-0.05, 0) is 35.2 Å². The van der Waals surface area contributed by atoms with E-state index in [2.05, 4.69) is 5.32 Å². The molecule has 1 aromatic rings. The van der Waals surface area contributed by atoms with Crippen LogP contribution in [0.4, 0.5) is 4.79 Å². The molecular formula is C13H18N2O3S. The van der Waals surface area contributed by atoms with E-state index in [4.69, 9.17) is 0 Å². The van der Waals surface area contributed by atoms with E-state index in [9.17, 15) is 14.7 Å². The van der Waals surface area contributed by atoms with Crippen molar-refractivity contribution in [3.05, 3.63) is 22.4 Å². The molecule has 2 amide bonds. The van der Waals surface area contributed by atoms with Gasteiger partial charge in [0.2, 0.25) is 0 Å². The molecular weight excluding hydrogens is 264 g/mol. The van der Waals surface area contributed by atoms with Gasteiger partial charge in [-0.3, -0.25) is 4.79 Å². The number of carboxylic acid groups (broad SMARTS) is 1. The first-order chi connectivity index (χ1) is 9.07. The number of likely N-dealkylation sites (tertiary alicyclic amines) is 1. The molecule has 1 atom stereocenters. The third kappa shape index (κ3) is 2.89. The van der Waals surface area contributed by atoms with Crippen LogP contribution in [-0.2, 0) is 11.3 Å². The summed E-state index contributed by atoms with van der Waals surface area (Å²) in [7, 11) is 0. The van der Waals surface area contributed by atoms with Crippen molar-refractivity contribution in [2.45, 2.75) is 26.3 Å². The van der Waals surface area contributed by atoms with Gasteiger partial charge in [0.1, 0.15) is 0 Å². The van der Waals surface area contributed by atoms with Gasteiger partial charge in [-0.15, -0.1) is 0 Å². The number of carbonyl (C=O) groups is 2. The van der Waals surface area contributed by atoms with E-state index in [1.807, 2.05) is 23.8 Å². The molecule has 1 aromatic heterocycles. The largest absolute Gasteiger partial charge is 0.481 e. The lowest BCUT2D eigenvalue weighted by atomic mass is 9.84. The first-order valence-electron chi connectivity index (χ1n) is 6.34. The molecule has 5 nitrogen and oxygen atoms in total. The Bertz CT molecular complexity index is 460. The molecule has 19 heavy (non-hydrogen) atoms. The number of hydrogen-bond acceptors (Lipinski definition) is 3. The summed E-state index contributed by atoms with van der Waals surface area (Å²) in [5.41, 5.74) is 0.303. The summed E-state index contributed by atoms with van der Waals surface area (Å²) in [6.07, 6.45) is 1.08. The number of urea groups is 1. The molecule has 0 saturated carbocycles. The van der Waals surface area contributed by atoms with Gasteiger partial charge in [0.15, 0.2) is 0 Å². The molecule has 2 rings (SSSR count). The van der Waals surface area contributed by atoms with Crippen molar-refractivity contribution in [1.82, 2.24) is 10.2 Å². The minimum absolute atomic E-state index is 0.178. The van der Waals surface area contributed by atoms with Gasteiger partial charge in [0.25, 0.3) is 0 Å². The average Bonchev–Trinajstić information content (AvgIpc) is 3.05. The number of aliphatic carboxylic acids is 1. The lowest BCUT2D eigenvalue weighted by Gasteiger charge is -2.23. The number of rotatable bonds is 4. The zero-order valence-electron chi connectivity index (χ0n) is 10.9. The summed E-state index contributed by atoms with van der Waals surface area (Å²) in [6.45, 7) is 3.16. The summed E-state index contributed by atoms with van der Waals surface area (Å²) in [5.74, 6) is -0.803. The minimum atomic E-state index is -0.803. The van der Waals surface area contributed by atoms with Gasteiger partial charge in [-0.2, -0.15) is 11.3 Å². The van der Waals surface area contributed by atoms with Gasteiger partial charge in [-0.1, -0.05) is 6.92 Å². The fourth-order valence-corrected chi connectivity index (χ4v) is 3.01. The van der Waals surface area contributed by atoms with E-state index in [1.54, 1.807) is 16.2 Å². The van der Waals surface area contributed by atoms with E-state index in [-0.39, 0.29) is 6.03 Å². The average molecular weight is 282 g/mol. The molecule has 0 aromatic carbocycles. The fraction of sp³-hybridized carbons (Fsp3) is 0.538. The summed E-state index contributed by atoms with van der Waals surface area (Å²) in [4.78, 5) is 24.9. The van der Waals surface area contributed by atoms with E-state index in [0.29, 0.717) is 32.5 Å². The van der Waals surface area contributed by atoms with Crippen molar-refractivity contribution in [2.75, 3.05) is 13.1 Å². The van der Waals surface area contributed by atoms with Gasteiger partial charge in [0, 0.05) is 19.6 Å². The molecule has 6 heteroatoms. The molecule has 1 fully saturated rings. The second kappa shape index (κ2) is 5.61. The topological polar surface area (TPSA) is 69.6 Å². The molecule has 1 aliphatic heterocycles. The number of amides is 2. The Morgan fingerprint density at radius 1 is 1.58 bits per heavy atom. The maximum absolute atomic E-state index is 12.0. The Kier molecular flexibility index (Phi) is 4.09. The van der Waals surface area contributed by atoms with Crippen molar-refractivity contribution in [2.24, 2.45) is 5.41 Å². The highest BCUT2D eigenvalue weighted by Crippen LogP contribution is 2.34. The van der Waals surface area contributed by atoms with Crippen LogP contribution in [0.25, 0.3) is 0 Å². The third-order valence-corrected chi connectivity index (χ3v) is 4.53. The van der Waals surface area contributed by atoms with Crippen LogP contribution >= 0.6 is 11.3 Å². The standard InChI is InChI=1S/C13H18N2O3S/c1-2-13(11(16)17)4-5-15(9-13)12(18)14-7-10-3-6-19-8-10/h3,6,8H,2,4-5,7,9H2,1H3,(H,14,18)(H,16,17). The Morgan fingerprint density at radius 3 is 2.89 bits per heavy atom. The zero-order valence-corrected chi connectivity index (χ0v) is 11.7. The molecule has 1 unspecified atom stereocenters. The molecule has 104 valence electrons. The number of hydrogen-bond donors (Lipinski definition) is 2. The molecule has 0 aliphatic carbocycles. The first kappa shape index (κ1) is 13.9. The lowest BCUT2D eigenvalue weighted by molar-refractivity contribution is -0.148. The predicted molar refractivity (Wildman–Crippen MR) is 73.1 cm³/mol. The number of carboxylic acids is 1. The van der Waals surface area contributed by atoms with Crippen LogP contribution in [0.2, 0.25) is 0 Å². The highest BCUT2D eigenvalue weighted by Gasteiger charge is 2.44. The number of nitrogens with zero attached hydrogens (tertiary/aromatic N) is 1. The SMILES string of the molecule is CCC1(C(=O)O)CCN(C(=O)NCc2ccsc2)C1. The van der Waals surface area contributed by atoms with Gasteiger partial charge in [0.05, 0.1) is 5.41 Å². The lowest BCUT2D eigenvalue weighted by Crippen LogP contribution is -2.41. The number of thiophene rings is 1. The molecule has 0 bridgehead atoms. The molecule has 1 aliphatic rings. The number of nitrogens with one attached hydrogen (secondary N) is 1. The van der Waals surface area contributed by atoms with Crippen LogP contribution in [0.3, 0.4) is 0 Å². The third-order valence-electron chi connectivity index (χ3n) is 3.80. The van der Waals surface area contributed by atoms with Gasteiger partial charge < -0.3 is 15.3 Å². The van der Waals surface area contributed by atoms with Crippen LogP contribution in [0.15, 0.2) is 16.8 Å². The molecule has 2 heterocycles. The summed E-state index contributed by atoms with van der Waals surface area (Å²) < 4.78 is 0. The zero-order chi connectivity index (χ0) is 13.9. The van der Waals surface area contributed by atoms with E-state index in [0.717, 1.165) is 5.56 Å². The number of carbonyl (C=O) groups excluding carboxylic acids is 1. The van der Waals surface area contributed by atoms with E-state index in [1.165, 1.54) is 0 Å². The van der Waals surface area contributed by atoms with Crippen molar-refractivity contribution >= 4 is 23.3 Å². The normalized spacial score (nSPS) is 22.5. The van der Waals surface area contributed by atoms with Gasteiger partial charge >= 0.3 is 12.0 Å². The Morgan fingerprint density at radius 2 is 2.37 bits per heavy atom. The van der Waals surface area contributed by atoms with Crippen molar-refractivity contribution in [1.29, 1.82) is 0 Å². The monoisotopic (exact) mass is 282 g/mol. The Hall–Kier alpha value is -1.56. The summed E-state index contributed by atoms with van der Waals surface area (Å²) >= 11 is 1.59. The summed E-state index contributed by atoms with van der Waals surface area (Å²) in [5, 5.41) is 16.1. The van der Waals surface area contributed by atoms with Crippen LogP contribution in [0, 0.1) is 5.41 Å². The Balaban J connectivity index is 1.89. The Labute approximate surface area is 116 Å². The second-order valence-electron chi connectivity index (χ2n) is 4.90. The second-order valence-corrected chi connectivity index (χ2v) is 5.68. The molecule has 0 radical (unpaired) electrons. The molecule has 2 N–H and O–H groups in total. The quantitative estimate of drug-likeness (QED) is 0.889. The maximum atomic E-state index is 12.0. The van der Waals surface area contributed by atoms with Crippen molar-refractivity contribution < 1.29 is 14.7 Å². The van der Waals surface area contributed by atoms with Crippen LogP contribution in [-0.4, -0.2) is 35.1 Å². The smallest absolute Gasteiger partial charge is 0.317 e. The fourth-order valence-electron chi connectivity index (χ4n) is 2.34. The van der Waals surface area contributed by atoms with E-state index < -0.39 is 11.4 Å². The van der Waals surface area contributed by atoms with Crippen LogP contribution in [0.1, 0.15) is 25.3 Å². The van der Waals surface area contributed by atoms with Crippen molar-refractivity contribution in [3.8, 4) is 0 Å². The van der Waals surface area contributed by atoms with Crippen LogP contribution < -0.4 is 5.32 Å². The first-order valence-corrected chi connectivity index (χ1v) is 7.29. The molecule has 1 saturated heterocycles. The van der Waals surface area contributed by atoms with Crippen LogP contribution in [0.5, 0.6) is 0 Å². The highest BCUT2D eigenvalue weighted by molar-refractivity contribution is 7.07. The molecule has 0 spiro atoms. The highest BCUT2D eigenvalue weighted by atomic mass is 32.1.